The summed E-state index contributed by atoms with van der Waals surface area (Å²) < 4.78 is 0. The fraction of sp³-hybridized carbons (Fsp3) is 0. The highest BCUT2D eigenvalue weighted by atomic mass is 14.7. The van der Waals surface area contributed by atoms with Crippen molar-refractivity contribution in [3.05, 3.63) is 36.0 Å². The second-order valence-corrected chi connectivity index (χ2v) is 2.31. The van der Waals surface area contributed by atoms with E-state index in [0.717, 1.165) is 10.9 Å². The standard InChI is InChI=1S/C9H5N2/c10-6-7-1-2-8-3-4-11-9(8)5-7/h1,3-5,11H. The van der Waals surface area contributed by atoms with Crippen LogP contribution in [-0.4, -0.2) is 4.98 Å². The van der Waals surface area contributed by atoms with Gasteiger partial charge in [-0.15, -0.1) is 0 Å². The van der Waals surface area contributed by atoms with Gasteiger partial charge >= 0.3 is 0 Å². The molecule has 0 spiro atoms. The van der Waals surface area contributed by atoms with Gasteiger partial charge in [0.05, 0.1) is 11.6 Å². The first-order valence-corrected chi connectivity index (χ1v) is 3.29. The van der Waals surface area contributed by atoms with Crippen LogP contribution >= 0.6 is 0 Å². The Morgan fingerprint density at radius 2 is 2.45 bits per heavy atom. The largest absolute Gasteiger partial charge is 0.361 e. The van der Waals surface area contributed by atoms with Crippen molar-refractivity contribution < 1.29 is 0 Å². The summed E-state index contributed by atoms with van der Waals surface area (Å²) in [6.07, 6.45) is 1.84. The molecule has 1 N–H and O–H groups in total. The average Bonchev–Trinajstić information content (AvgIpc) is 2.50. The van der Waals surface area contributed by atoms with Crippen LogP contribution in [-0.2, 0) is 0 Å². The molecule has 2 heteroatoms. The van der Waals surface area contributed by atoms with E-state index in [4.69, 9.17) is 5.26 Å². The zero-order valence-electron chi connectivity index (χ0n) is 5.76. The van der Waals surface area contributed by atoms with E-state index in [1.807, 2.05) is 18.3 Å². The molecular formula is C9H5N2. The number of nitrogens with zero attached hydrogens (tertiary/aromatic N) is 1. The van der Waals surface area contributed by atoms with Crippen molar-refractivity contribution in [3.8, 4) is 6.07 Å². The van der Waals surface area contributed by atoms with Crippen LogP contribution in [0.1, 0.15) is 5.56 Å². The van der Waals surface area contributed by atoms with E-state index >= 15 is 0 Å². The number of hydrogen-bond donors (Lipinski definition) is 1. The van der Waals surface area contributed by atoms with E-state index in [1.165, 1.54) is 0 Å². The highest BCUT2D eigenvalue weighted by Crippen LogP contribution is 2.12. The van der Waals surface area contributed by atoms with E-state index in [2.05, 4.69) is 17.1 Å². The minimum Gasteiger partial charge on any atom is -0.361 e. The summed E-state index contributed by atoms with van der Waals surface area (Å²) >= 11 is 0. The molecule has 0 saturated carbocycles. The molecule has 2 aromatic rings. The summed E-state index contributed by atoms with van der Waals surface area (Å²) in [4.78, 5) is 3.01. The van der Waals surface area contributed by atoms with Crippen LogP contribution in [0.15, 0.2) is 24.4 Å². The molecule has 0 unspecified atom stereocenters. The molecule has 1 radical (unpaired) electrons. The van der Waals surface area contributed by atoms with E-state index in [0.29, 0.717) is 5.56 Å². The Kier molecular flexibility index (Phi) is 1.16. The van der Waals surface area contributed by atoms with Crippen LogP contribution in [0, 0.1) is 17.4 Å². The van der Waals surface area contributed by atoms with Crippen LogP contribution in [0.5, 0.6) is 0 Å². The Labute approximate surface area is 64.1 Å². The van der Waals surface area contributed by atoms with Crippen molar-refractivity contribution in [2.75, 3.05) is 0 Å². The predicted molar refractivity (Wildman–Crippen MR) is 41.8 cm³/mol. The van der Waals surface area contributed by atoms with Crippen molar-refractivity contribution >= 4 is 10.9 Å². The highest BCUT2D eigenvalue weighted by Gasteiger charge is 1.94. The number of nitrogens with one attached hydrogen (secondary N) is 1. The third-order valence-corrected chi connectivity index (χ3v) is 1.59. The van der Waals surface area contributed by atoms with Crippen molar-refractivity contribution in [2.45, 2.75) is 0 Å². The number of H-pyrrole nitrogens is 1. The van der Waals surface area contributed by atoms with Gasteiger partial charge in [0, 0.05) is 17.1 Å². The van der Waals surface area contributed by atoms with Gasteiger partial charge in [0.2, 0.25) is 0 Å². The molecule has 1 aromatic carbocycles. The first kappa shape index (κ1) is 5.99. The van der Waals surface area contributed by atoms with Gasteiger partial charge < -0.3 is 4.98 Å². The van der Waals surface area contributed by atoms with Crippen molar-refractivity contribution in [1.82, 2.24) is 4.98 Å². The van der Waals surface area contributed by atoms with Crippen molar-refractivity contribution in [1.29, 1.82) is 5.26 Å². The highest BCUT2D eigenvalue weighted by molar-refractivity contribution is 5.79. The molecule has 0 bridgehead atoms. The third kappa shape index (κ3) is 0.870. The van der Waals surface area contributed by atoms with Crippen molar-refractivity contribution in [2.24, 2.45) is 0 Å². The smallest absolute Gasteiger partial charge is 0.0992 e. The molecule has 51 valence electrons. The van der Waals surface area contributed by atoms with E-state index in [-0.39, 0.29) is 0 Å². The summed E-state index contributed by atoms with van der Waals surface area (Å²) in [5.74, 6) is 0. The van der Waals surface area contributed by atoms with E-state index in [1.54, 1.807) is 6.07 Å². The summed E-state index contributed by atoms with van der Waals surface area (Å²) in [7, 11) is 0. The zero-order valence-corrected chi connectivity index (χ0v) is 5.76. The lowest BCUT2D eigenvalue weighted by atomic mass is 10.2. The number of aromatic nitrogens is 1. The van der Waals surface area contributed by atoms with Gasteiger partial charge in [-0.05, 0) is 24.3 Å². The van der Waals surface area contributed by atoms with Gasteiger partial charge in [0.25, 0.3) is 0 Å². The molecule has 1 aromatic heterocycles. The van der Waals surface area contributed by atoms with Crippen LogP contribution in [0.4, 0.5) is 0 Å². The zero-order chi connectivity index (χ0) is 7.68. The maximum Gasteiger partial charge on any atom is 0.0992 e. The number of nitriles is 1. The maximum atomic E-state index is 8.55. The summed E-state index contributed by atoms with van der Waals surface area (Å²) in [5, 5.41) is 9.57. The Hall–Kier alpha value is -1.75. The number of hydrogen-bond acceptors (Lipinski definition) is 1. The Bertz CT molecular complexity index is 420. The maximum absolute atomic E-state index is 8.55. The number of aromatic amines is 1. The SMILES string of the molecule is N#Cc1c[c]c2cc[nH]c2c1. The molecule has 1 heterocycles. The second-order valence-electron chi connectivity index (χ2n) is 2.31. The van der Waals surface area contributed by atoms with Gasteiger partial charge in [0.15, 0.2) is 0 Å². The van der Waals surface area contributed by atoms with E-state index < -0.39 is 0 Å². The molecule has 0 aliphatic rings. The normalized spacial score (nSPS) is 9.73. The number of benzene rings is 1. The molecule has 2 rings (SSSR count). The fourth-order valence-corrected chi connectivity index (χ4v) is 1.04. The van der Waals surface area contributed by atoms with Gasteiger partial charge in [-0.3, -0.25) is 0 Å². The van der Waals surface area contributed by atoms with Crippen LogP contribution in [0.3, 0.4) is 0 Å². The quantitative estimate of drug-likeness (QED) is 0.597. The van der Waals surface area contributed by atoms with Gasteiger partial charge in [-0.2, -0.15) is 5.26 Å². The monoisotopic (exact) mass is 141 g/mol. The Morgan fingerprint density at radius 1 is 1.55 bits per heavy atom. The second kappa shape index (κ2) is 2.14. The van der Waals surface area contributed by atoms with Crippen LogP contribution in [0.25, 0.3) is 10.9 Å². The summed E-state index contributed by atoms with van der Waals surface area (Å²) in [6, 6.07) is 10.5. The first-order valence-electron chi connectivity index (χ1n) is 3.29. The molecular weight excluding hydrogens is 136 g/mol. The van der Waals surface area contributed by atoms with Gasteiger partial charge in [0.1, 0.15) is 0 Å². The lowest BCUT2D eigenvalue weighted by Gasteiger charge is -1.87. The molecule has 0 aliphatic carbocycles. The lowest BCUT2D eigenvalue weighted by molar-refractivity contribution is 1.46. The molecule has 0 aliphatic heterocycles. The van der Waals surface area contributed by atoms with E-state index in [9.17, 15) is 0 Å². The third-order valence-electron chi connectivity index (χ3n) is 1.59. The Balaban J connectivity index is 2.79. The minimum atomic E-state index is 0.639. The van der Waals surface area contributed by atoms with Crippen LogP contribution < -0.4 is 0 Å². The topological polar surface area (TPSA) is 39.6 Å². The molecule has 0 atom stereocenters. The van der Waals surface area contributed by atoms with Crippen LogP contribution in [0.2, 0.25) is 0 Å². The minimum absolute atomic E-state index is 0.639. The molecule has 0 fully saturated rings. The number of rotatable bonds is 0. The average molecular weight is 141 g/mol. The Morgan fingerprint density at radius 3 is 3.27 bits per heavy atom. The van der Waals surface area contributed by atoms with Gasteiger partial charge in [-0.25, -0.2) is 0 Å². The lowest BCUT2D eigenvalue weighted by Crippen LogP contribution is -1.73. The fourth-order valence-electron chi connectivity index (χ4n) is 1.04. The van der Waals surface area contributed by atoms with Gasteiger partial charge in [-0.1, -0.05) is 0 Å². The summed E-state index contributed by atoms with van der Waals surface area (Å²) in [6.45, 7) is 0. The molecule has 2 nitrogen and oxygen atoms in total. The first-order chi connectivity index (χ1) is 5.40. The predicted octanol–water partition coefficient (Wildman–Crippen LogP) is 1.84. The molecule has 11 heavy (non-hydrogen) atoms. The molecule has 0 saturated heterocycles. The number of fused-ring (bicyclic) bond motifs is 1. The summed E-state index contributed by atoms with van der Waals surface area (Å²) in [5.41, 5.74) is 1.60. The van der Waals surface area contributed by atoms with Crippen molar-refractivity contribution in [3.63, 3.8) is 0 Å². The molecule has 0 amide bonds.